The third kappa shape index (κ3) is 5.64. The molecular formula is C24H28N2O6. The second-order valence-electron chi connectivity index (χ2n) is 7.88. The van der Waals surface area contributed by atoms with Gasteiger partial charge >= 0.3 is 12.1 Å². The van der Waals surface area contributed by atoms with E-state index in [0.29, 0.717) is 6.42 Å². The van der Waals surface area contributed by atoms with Gasteiger partial charge in [0.2, 0.25) is 5.91 Å². The number of carboxylic acids is 1. The van der Waals surface area contributed by atoms with Gasteiger partial charge in [0.25, 0.3) is 0 Å². The van der Waals surface area contributed by atoms with Crippen LogP contribution in [0.1, 0.15) is 43.2 Å². The van der Waals surface area contributed by atoms with Crippen LogP contribution in [-0.2, 0) is 14.3 Å². The summed E-state index contributed by atoms with van der Waals surface area (Å²) in [5.74, 6) is -1.70. The molecule has 4 N–H and O–H groups in total. The van der Waals surface area contributed by atoms with Gasteiger partial charge in [-0.2, -0.15) is 0 Å². The van der Waals surface area contributed by atoms with Crippen LogP contribution in [0.25, 0.3) is 11.1 Å². The molecule has 0 saturated heterocycles. The fraction of sp³-hybridized carbons (Fsp3) is 0.375. The van der Waals surface area contributed by atoms with E-state index >= 15 is 0 Å². The normalized spacial score (nSPS) is 14.1. The number of carboxylic acid groups (broad SMARTS) is 1. The second kappa shape index (κ2) is 10.8. The molecule has 0 saturated carbocycles. The number of hydrogen-bond donors (Lipinski definition) is 4. The van der Waals surface area contributed by atoms with E-state index < -0.39 is 24.0 Å². The molecule has 32 heavy (non-hydrogen) atoms. The SMILES string of the molecule is CC(CCO)NC(=O)C(CCC(=O)O)NC(=O)OCC1c2ccccc2-c2ccccc21. The lowest BCUT2D eigenvalue weighted by Gasteiger charge is -2.21. The summed E-state index contributed by atoms with van der Waals surface area (Å²) in [6.45, 7) is 1.71. The number of aliphatic hydroxyl groups excluding tert-OH is 1. The van der Waals surface area contributed by atoms with Crippen molar-refractivity contribution in [3.05, 3.63) is 59.7 Å². The van der Waals surface area contributed by atoms with Crippen LogP contribution in [0.4, 0.5) is 4.79 Å². The fourth-order valence-electron chi connectivity index (χ4n) is 3.93. The summed E-state index contributed by atoms with van der Waals surface area (Å²) >= 11 is 0. The topological polar surface area (TPSA) is 125 Å². The Morgan fingerprint density at radius 1 is 0.969 bits per heavy atom. The highest BCUT2D eigenvalue weighted by Gasteiger charge is 2.30. The van der Waals surface area contributed by atoms with Crippen molar-refractivity contribution in [2.24, 2.45) is 0 Å². The Morgan fingerprint density at radius 2 is 1.56 bits per heavy atom. The number of aliphatic carboxylic acids is 1. The number of alkyl carbamates (subject to hydrolysis) is 1. The van der Waals surface area contributed by atoms with Gasteiger partial charge in [0.15, 0.2) is 0 Å². The lowest BCUT2D eigenvalue weighted by Crippen LogP contribution is -2.49. The molecule has 8 heteroatoms. The molecule has 0 bridgehead atoms. The van der Waals surface area contributed by atoms with Gasteiger partial charge in [0.1, 0.15) is 12.6 Å². The predicted octanol–water partition coefficient (Wildman–Crippen LogP) is 2.65. The zero-order valence-corrected chi connectivity index (χ0v) is 17.9. The van der Waals surface area contributed by atoms with E-state index in [2.05, 4.69) is 10.6 Å². The average Bonchev–Trinajstić information content (AvgIpc) is 3.09. The smallest absolute Gasteiger partial charge is 0.407 e. The molecule has 3 rings (SSSR count). The zero-order chi connectivity index (χ0) is 23.1. The van der Waals surface area contributed by atoms with Crippen molar-refractivity contribution in [1.82, 2.24) is 10.6 Å². The molecule has 2 aromatic carbocycles. The number of aliphatic hydroxyl groups is 1. The predicted molar refractivity (Wildman–Crippen MR) is 118 cm³/mol. The third-order valence-corrected chi connectivity index (χ3v) is 5.55. The van der Waals surface area contributed by atoms with Gasteiger partial charge in [-0.05, 0) is 42.0 Å². The van der Waals surface area contributed by atoms with Crippen molar-refractivity contribution in [2.45, 2.75) is 44.2 Å². The van der Waals surface area contributed by atoms with Crippen molar-refractivity contribution in [3.63, 3.8) is 0 Å². The van der Waals surface area contributed by atoms with Gasteiger partial charge in [0.05, 0.1) is 0 Å². The molecule has 2 aromatic rings. The quantitative estimate of drug-likeness (QED) is 0.450. The number of rotatable bonds is 10. The Kier molecular flexibility index (Phi) is 7.83. The molecule has 2 unspecified atom stereocenters. The van der Waals surface area contributed by atoms with E-state index in [1.165, 1.54) is 0 Å². The van der Waals surface area contributed by atoms with Crippen LogP contribution in [0, 0.1) is 0 Å². The molecule has 0 heterocycles. The van der Waals surface area contributed by atoms with E-state index in [9.17, 15) is 14.4 Å². The van der Waals surface area contributed by atoms with Crippen LogP contribution >= 0.6 is 0 Å². The molecule has 1 aliphatic rings. The molecule has 8 nitrogen and oxygen atoms in total. The summed E-state index contributed by atoms with van der Waals surface area (Å²) in [5, 5.41) is 23.1. The van der Waals surface area contributed by atoms with Crippen LogP contribution in [-0.4, -0.2) is 53.5 Å². The third-order valence-electron chi connectivity index (χ3n) is 5.55. The maximum Gasteiger partial charge on any atom is 0.407 e. The van der Waals surface area contributed by atoms with Crippen molar-refractivity contribution < 1.29 is 29.3 Å². The molecule has 1 aliphatic carbocycles. The first-order valence-corrected chi connectivity index (χ1v) is 10.6. The van der Waals surface area contributed by atoms with Crippen LogP contribution in [0.5, 0.6) is 0 Å². The molecule has 0 radical (unpaired) electrons. The summed E-state index contributed by atoms with van der Waals surface area (Å²) in [6.07, 6.45) is -0.789. The highest BCUT2D eigenvalue weighted by atomic mass is 16.5. The van der Waals surface area contributed by atoms with Crippen LogP contribution in [0.15, 0.2) is 48.5 Å². The molecule has 0 aliphatic heterocycles. The molecule has 2 atom stereocenters. The highest BCUT2D eigenvalue weighted by molar-refractivity contribution is 5.86. The Bertz CT molecular complexity index is 931. The minimum absolute atomic E-state index is 0.0722. The lowest BCUT2D eigenvalue weighted by molar-refractivity contribution is -0.137. The standard InChI is InChI=1S/C24H28N2O6/c1-15(12-13-27)25-23(30)21(10-11-22(28)29)26-24(31)32-14-20-18-8-4-2-6-16(18)17-7-3-5-9-19(17)20/h2-9,15,20-21,27H,10-14H2,1H3,(H,25,30)(H,26,31)(H,28,29). The monoisotopic (exact) mass is 440 g/mol. The summed E-state index contributed by atoms with van der Waals surface area (Å²) in [6, 6.07) is 14.5. The van der Waals surface area contributed by atoms with Gasteiger partial charge in [-0.25, -0.2) is 4.79 Å². The number of carbonyl (C=O) groups is 3. The largest absolute Gasteiger partial charge is 0.481 e. The van der Waals surface area contributed by atoms with Crippen LogP contribution in [0.3, 0.4) is 0 Å². The molecule has 0 fully saturated rings. The first kappa shape index (κ1) is 23.3. The molecule has 0 spiro atoms. The Balaban J connectivity index is 1.65. The van der Waals surface area contributed by atoms with E-state index in [1.807, 2.05) is 48.5 Å². The highest BCUT2D eigenvalue weighted by Crippen LogP contribution is 2.44. The Hall–Kier alpha value is -3.39. The van der Waals surface area contributed by atoms with E-state index in [1.54, 1.807) is 6.92 Å². The molecule has 2 amide bonds. The first-order chi connectivity index (χ1) is 15.4. The van der Waals surface area contributed by atoms with Crippen LogP contribution in [0.2, 0.25) is 0 Å². The van der Waals surface area contributed by atoms with Crippen molar-refractivity contribution in [2.75, 3.05) is 13.2 Å². The van der Waals surface area contributed by atoms with Gasteiger partial charge in [-0.3, -0.25) is 9.59 Å². The minimum atomic E-state index is -1.07. The number of carbonyl (C=O) groups excluding carboxylic acids is 2. The average molecular weight is 440 g/mol. The lowest BCUT2D eigenvalue weighted by atomic mass is 9.98. The van der Waals surface area contributed by atoms with E-state index in [4.69, 9.17) is 14.9 Å². The number of nitrogens with one attached hydrogen (secondary N) is 2. The summed E-state index contributed by atoms with van der Waals surface area (Å²) < 4.78 is 5.46. The minimum Gasteiger partial charge on any atom is -0.481 e. The second-order valence-corrected chi connectivity index (χ2v) is 7.88. The van der Waals surface area contributed by atoms with Gasteiger partial charge in [-0.1, -0.05) is 48.5 Å². The van der Waals surface area contributed by atoms with Crippen LogP contribution < -0.4 is 10.6 Å². The summed E-state index contributed by atoms with van der Waals surface area (Å²) in [7, 11) is 0. The number of fused-ring (bicyclic) bond motifs is 3. The van der Waals surface area contributed by atoms with Crippen molar-refractivity contribution in [1.29, 1.82) is 0 Å². The number of amides is 2. The summed E-state index contributed by atoms with van der Waals surface area (Å²) in [5.41, 5.74) is 4.35. The maximum absolute atomic E-state index is 12.5. The number of hydrogen-bond acceptors (Lipinski definition) is 5. The zero-order valence-electron chi connectivity index (χ0n) is 17.9. The van der Waals surface area contributed by atoms with Gasteiger partial charge in [0, 0.05) is 25.0 Å². The maximum atomic E-state index is 12.5. The van der Waals surface area contributed by atoms with Crippen molar-refractivity contribution in [3.8, 4) is 11.1 Å². The van der Waals surface area contributed by atoms with E-state index in [-0.39, 0.29) is 38.0 Å². The number of ether oxygens (including phenoxy) is 1. The van der Waals surface area contributed by atoms with E-state index in [0.717, 1.165) is 22.3 Å². The molecule has 170 valence electrons. The van der Waals surface area contributed by atoms with Gasteiger partial charge in [-0.15, -0.1) is 0 Å². The number of benzene rings is 2. The van der Waals surface area contributed by atoms with Gasteiger partial charge < -0.3 is 25.6 Å². The Morgan fingerprint density at radius 3 is 2.12 bits per heavy atom. The first-order valence-electron chi connectivity index (χ1n) is 10.6. The Labute approximate surface area is 186 Å². The van der Waals surface area contributed by atoms with Crippen molar-refractivity contribution >= 4 is 18.0 Å². The fourth-order valence-corrected chi connectivity index (χ4v) is 3.93. The molecular weight excluding hydrogens is 412 g/mol. The summed E-state index contributed by atoms with van der Waals surface area (Å²) in [4.78, 5) is 36.0. The molecule has 0 aromatic heterocycles.